The van der Waals surface area contributed by atoms with E-state index in [9.17, 15) is 0 Å². The number of nitrogens with zero attached hydrogens (tertiary/aromatic N) is 1. The molecule has 2 aliphatic heterocycles. The molecular weight excluding hydrogens is 224 g/mol. The Morgan fingerprint density at radius 2 is 2.17 bits per heavy atom. The standard InChI is InChI=1S/C15H30N2O/c1-4-16-15(14-7-9-18-11-14)10-17-8-5-6-12(2)13(17)3/h12-16H,4-11H2,1-3H3. The van der Waals surface area contributed by atoms with Crippen LogP contribution in [0.3, 0.4) is 0 Å². The lowest BCUT2D eigenvalue weighted by molar-refractivity contribution is 0.0882. The number of rotatable bonds is 5. The van der Waals surface area contributed by atoms with Crippen molar-refractivity contribution >= 4 is 0 Å². The summed E-state index contributed by atoms with van der Waals surface area (Å²) < 4.78 is 5.56. The quantitative estimate of drug-likeness (QED) is 0.813. The van der Waals surface area contributed by atoms with Gasteiger partial charge in [0.1, 0.15) is 0 Å². The summed E-state index contributed by atoms with van der Waals surface area (Å²) in [5, 5.41) is 3.69. The Bertz CT molecular complexity index is 241. The van der Waals surface area contributed by atoms with Crippen LogP contribution in [0.4, 0.5) is 0 Å². The number of piperidine rings is 1. The number of likely N-dealkylation sites (tertiary alicyclic amines) is 1. The van der Waals surface area contributed by atoms with E-state index >= 15 is 0 Å². The van der Waals surface area contributed by atoms with Crippen LogP contribution in [0.15, 0.2) is 0 Å². The third-order valence-corrected chi connectivity index (χ3v) is 4.94. The Hall–Kier alpha value is -0.120. The molecule has 0 aromatic carbocycles. The van der Waals surface area contributed by atoms with Gasteiger partial charge < -0.3 is 10.1 Å². The van der Waals surface area contributed by atoms with Crippen LogP contribution in [0.2, 0.25) is 0 Å². The lowest BCUT2D eigenvalue weighted by Gasteiger charge is -2.41. The average molecular weight is 254 g/mol. The van der Waals surface area contributed by atoms with Crippen molar-refractivity contribution in [3.63, 3.8) is 0 Å². The van der Waals surface area contributed by atoms with Gasteiger partial charge in [0.15, 0.2) is 0 Å². The van der Waals surface area contributed by atoms with Gasteiger partial charge in [0, 0.05) is 31.2 Å². The highest BCUT2D eigenvalue weighted by atomic mass is 16.5. The third-order valence-electron chi connectivity index (χ3n) is 4.94. The van der Waals surface area contributed by atoms with Crippen LogP contribution in [0, 0.1) is 11.8 Å². The maximum atomic E-state index is 5.56. The summed E-state index contributed by atoms with van der Waals surface area (Å²) in [4.78, 5) is 2.69. The second kappa shape index (κ2) is 6.88. The van der Waals surface area contributed by atoms with Crippen LogP contribution in [-0.4, -0.2) is 49.8 Å². The van der Waals surface area contributed by atoms with E-state index in [1.807, 2.05) is 0 Å². The van der Waals surface area contributed by atoms with Crippen LogP contribution in [0.1, 0.15) is 40.0 Å². The second-order valence-corrected chi connectivity index (χ2v) is 6.14. The molecule has 3 heteroatoms. The van der Waals surface area contributed by atoms with E-state index in [0.717, 1.165) is 37.6 Å². The maximum Gasteiger partial charge on any atom is 0.0510 e. The molecule has 1 N–H and O–H groups in total. The van der Waals surface area contributed by atoms with Crippen molar-refractivity contribution in [1.82, 2.24) is 10.2 Å². The number of nitrogens with one attached hydrogen (secondary N) is 1. The molecule has 4 unspecified atom stereocenters. The first-order valence-electron chi connectivity index (χ1n) is 7.77. The minimum Gasteiger partial charge on any atom is -0.381 e. The summed E-state index contributed by atoms with van der Waals surface area (Å²) >= 11 is 0. The molecule has 0 aliphatic carbocycles. The lowest BCUT2D eigenvalue weighted by Crippen LogP contribution is -2.51. The van der Waals surface area contributed by atoms with E-state index in [1.165, 1.54) is 32.4 Å². The van der Waals surface area contributed by atoms with Gasteiger partial charge in [-0.2, -0.15) is 0 Å². The van der Waals surface area contributed by atoms with Gasteiger partial charge in [-0.1, -0.05) is 13.8 Å². The van der Waals surface area contributed by atoms with E-state index in [0.29, 0.717) is 6.04 Å². The zero-order chi connectivity index (χ0) is 13.0. The molecule has 0 bridgehead atoms. The van der Waals surface area contributed by atoms with Gasteiger partial charge in [-0.05, 0) is 45.2 Å². The first-order valence-corrected chi connectivity index (χ1v) is 7.77. The minimum atomic E-state index is 0.616. The van der Waals surface area contributed by atoms with Crippen LogP contribution in [0.5, 0.6) is 0 Å². The maximum absolute atomic E-state index is 5.56. The predicted molar refractivity (Wildman–Crippen MR) is 75.8 cm³/mol. The third kappa shape index (κ3) is 3.46. The van der Waals surface area contributed by atoms with Crippen LogP contribution >= 0.6 is 0 Å². The second-order valence-electron chi connectivity index (χ2n) is 6.14. The fourth-order valence-electron chi connectivity index (χ4n) is 3.44. The minimum absolute atomic E-state index is 0.616. The summed E-state index contributed by atoms with van der Waals surface area (Å²) in [6.45, 7) is 12.5. The van der Waals surface area contributed by atoms with E-state index in [-0.39, 0.29) is 0 Å². The number of hydrogen-bond acceptors (Lipinski definition) is 3. The lowest BCUT2D eigenvalue weighted by atomic mass is 9.90. The van der Waals surface area contributed by atoms with Gasteiger partial charge in [0.25, 0.3) is 0 Å². The monoisotopic (exact) mass is 254 g/mol. The van der Waals surface area contributed by atoms with Crippen molar-refractivity contribution < 1.29 is 4.74 Å². The molecule has 0 amide bonds. The topological polar surface area (TPSA) is 24.5 Å². The largest absolute Gasteiger partial charge is 0.381 e. The molecule has 2 rings (SSSR count). The van der Waals surface area contributed by atoms with Gasteiger partial charge >= 0.3 is 0 Å². The fourth-order valence-corrected chi connectivity index (χ4v) is 3.44. The fraction of sp³-hybridized carbons (Fsp3) is 1.00. The number of likely N-dealkylation sites (N-methyl/N-ethyl adjacent to an activating group) is 1. The molecule has 0 radical (unpaired) electrons. The Morgan fingerprint density at radius 3 is 2.83 bits per heavy atom. The van der Waals surface area contributed by atoms with Crippen LogP contribution < -0.4 is 5.32 Å². The molecule has 106 valence electrons. The summed E-state index contributed by atoms with van der Waals surface area (Å²) in [6, 6.07) is 1.35. The molecule has 2 aliphatic rings. The Morgan fingerprint density at radius 1 is 1.33 bits per heavy atom. The van der Waals surface area contributed by atoms with Crippen LogP contribution in [0.25, 0.3) is 0 Å². The van der Waals surface area contributed by atoms with E-state index < -0.39 is 0 Å². The molecule has 2 fully saturated rings. The highest BCUT2D eigenvalue weighted by molar-refractivity contribution is 4.86. The van der Waals surface area contributed by atoms with Crippen molar-refractivity contribution in [2.45, 2.75) is 52.1 Å². The van der Waals surface area contributed by atoms with Crippen molar-refractivity contribution in [1.29, 1.82) is 0 Å². The molecule has 0 aromatic heterocycles. The van der Waals surface area contributed by atoms with Gasteiger partial charge in [0.2, 0.25) is 0 Å². The van der Waals surface area contributed by atoms with Gasteiger partial charge in [0.05, 0.1) is 6.61 Å². The van der Waals surface area contributed by atoms with Gasteiger partial charge in [-0.25, -0.2) is 0 Å². The van der Waals surface area contributed by atoms with Crippen molar-refractivity contribution in [2.24, 2.45) is 11.8 Å². The zero-order valence-electron chi connectivity index (χ0n) is 12.3. The van der Waals surface area contributed by atoms with Crippen molar-refractivity contribution in [2.75, 3.05) is 32.8 Å². The molecular formula is C15H30N2O. The Kier molecular flexibility index (Phi) is 5.46. The molecule has 0 spiro atoms. The molecule has 3 nitrogen and oxygen atoms in total. The number of hydrogen-bond donors (Lipinski definition) is 1. The van der Waals surface area contributed by atoms with Crippen molar-refractivity contribution in [3.05, 3.63) is 0 Å². The SMILES string of the molecule is CCNC(CN1CCCC(C)C1C)C1CCOC1. The summed E-state index contributed by atoms with van der Waals surface area (Å²) in [7, 11) is 0. The van der Waals surface area contributed by atoms with E-state index in [1.54, 1.807) is 0 Å². The summed E-state index contributed by atoms with van der Waals surface area (Å²) in [5.74, 6) is 1.57. The van der Waals surface area contributed by atoms with E-state index in [2.05, 4.69) is 31.0 Å². The molecule has 2 heterocycles. The average Bonchev–Trinajstić information content (AvgIpc) is 2.88. The smallest absolute Gasteiger partial charge is 0.0510 e. The highest BCUT2D eigenvalue weighted by Gasteiger charge is 2.31. The van der Waals surface area contributed by atoms with Crippen molar-refractivity contribution in [3.8, 4) is 0 Å². The zero-order valence-corrected chi connectivity index (χ0v) is 12.3. The summed E-state index contributed by atoms with van der Waals surface area (Å²) in [5.41, 5.74) is 0. The Labute approximate surface area is 112 Å². The first-order chi connectivity index (χ1) is 8.72. The highest BCUT2D eigenvalue weighted by Crippen LogP contribution is 2.25. The van der Waals surface area contributed by atoms with E-state index in [4.69, 9.17) is 4.74 Å². The first kappa shape index (κ1) is 14.3. The molecule has 4 atom stereocenters. The van der Waals surface area contributed by atoms with Crippen LogP contribution in [-0.2, 0) is 4.74 Å². The molecule has 0 aromatic rings. The molecule has 18 heavy (non-hydrogen) atoms. The Balaban J connectivity index is 1.90. The predicted octanol–water partition coefficient (Wildman–Crippen LogP) is 2.12. The van der Waals surface area contributed by atoms with Gasteiger partial charge in [-0.3, -0.25) is 4.90 Å². The summed E-state index contributed by atoms with van der Waals surface area (Å²) in [6.07, 6.45) is 4.00. The molecule has 2 saturated heterocycles. The number of ether oxygens (including phenoxy) is 1. The molecule has 0 saturated carbocycles. The van der Waals surface area contributed by atoms with Gasteiger partial charge in [-0.15, -0.1) is 0 Å². The normalized spacial score (nSPS) is 35.8.